The third kappa shape index (κ3) is 5.89. The Morgan fingerprint density at radius 3 is 2.45 bits per heavy atom. The minimum Gasteiger partial charge on any atom is -0.462 e. The number of rotatable bonds is 6. The zero-order valence-electron chi connectivity index (χ0n) is 23.8. The van der Waals surface area contributed by atoms with E-state index in [0.717, 1.165) is 54.1 Å². The van der Waals surface area contributed by atoms with E-state index in [9.17, 15) is 4.79 Å². The predicted octanol–water partition coefficient (Wildman–Crippen LogP) is 8.31. The van der Waals surface area contributed by atoms with Crippen molar-refractivity contribution in [2.75, 3.05) is 6.61 Å². The monoisotopic (exact) mass is 576 g/mol. The van der Waals surface area contributed by atoms with Crippen LogP contribution in [0.1, 0.15) is 58.8 Å². The second-order valence-corrected chi connectivity index (χ2v) is 13.4. The Morgan fingerprint density at radius 1 is 1.05 bits per heavy atom. The third-order valence-corrected chi connectivity index (χ3v) is 7.78. The van der Waals surface area contributed by atoms with Crippen LogP contribution < -0.4 is 0 Å². The fourth-order valence-electron chi connectivity index (χ4n) is 4.58. The Labute approximate surface area is 242 Å². The van der Waals surface area contributed by atoms with Gasteiger partial charge in [-0.3, -0.25) is 9.89 Å². The molecule has 2 aromatic carbocycles. The number of thiazole rings is 1. The topological polar surface area (TPSA) is 90.0 Å². The van der Waals surface area contributed by atoms with Crippen LogP contribution in [0.4, 0.5) is 0 Å². The van der Waals surface area contributed by atoms with Crippen molar-refractivity contribution >= 4 is 50.2 Å². The van der Waals surface area contributed by atoms with Crippen molar-refractivity contribution in [3.05, 3.63) is 64.9 Å². The summed E-state index contributed by atoms with van der Waals surface area (Å²) in [4.78, 5) is 22.3. The zero-order chi connectivity index (χ0) is 28.8. The average molecular weight is 577 g/mol. The molecule has 0 radical (unpaired) electrons. The number of esters is 1. The zero-order valence-corrected chi connectivity index (χ0v) is 25.3. The van der Waals surface area contributed by atoms with Crippen molar-refractivity contribution in [1.82, 2.24) is 20.2 Å². The van der Waals surface area contributed by atoms with Gasteiger partial charge >= 0.3 is 5.97 Å². The largest absolute Gasteiger partial charge is 0.462 e. The summed E-state index contributed by atoms with van der Waals surface area (Å²) in [7, 11) is 0. The normalized spacial score (nSPS) is 13.2. The Kier molecular flexibility index (Phi) is 7.46. The molecule has 40 heavy (non-hydrogen) atoms. The smallest absolute Gasteiger partial charge is 0.311 e. The molecule has 0 aliphatic rings. The molecule has 3 heterocycles. The first-order valence-corrected chi connectivity index (χ1v) is 14.3. The second-order valence-electron chi connectivity index (χ2n) is 12.0. The van der Waals surface area contributed by atoms with E-state index in [1.165, 1.54) is 0 Å². The number of fused-ring (bicyclic) bond motifs is 2. The van der Waals surface area contributed by atoms with Crippen molar-refractivity contribution in [2.45, 2.75) is 60.2 Å². The Morgan fingerprint density at radius 2 is 1.77 bits per heavy atom. The first-order chi connectivity index (χ1) is 18.8. The van der Waals surface area contributed by atoms with Crippen LogP contribution in [0.25, 0.3) is 42.9 Å². The van der Waals surface area contributed by atoms with Crippen LogP contribution in [0.15, 0.2) is 48.8 Å². The number of ether oxygens (including phenoxy) is 2. The molecule has 0 amide bonds. The molecule has 0 fully saturated rings. The molecule has 0 aliphatic heterocycles. The number of nitrogens with zero attached hydrogens (tertiary/aromatic N) is 3. The van der Waals surface area contributed by atoms with Gasteiger partial charge in [0.1, 0.15) is 17.7 Å². The van der Waals surface area contributed by atoms with Crippen molar-refractivity contribution in [3.8, 4) is 21.7 Å². The number of nitrogens with one attached hydrogen (secondary N) is 1. The number of benzene rings is 2. The minimum atomic E-state index is -0.624. The van der Waals surface area contributed by atoms with Crippen molar-refractivity contribution < 1.29 is 14.3 Å². The lowest BCUT2D eigenvalue weighted by atomic mass is 9.91. The fourth-order valence-corrected chi connectivity index (χ4v) is 5.81. The van der Waals surface area contributed by atoms with Crippen LogP contribution in [-0.2, 0) is 14.3 Å². The van der Waals surface area contributed by atoms with Crippen LogP contribution in [0, 0.1) is 12.3 Å². The average Bonchev–Trinajstić information content (AvgIpc) is 3.51. The summed E-state index contributed by atoms with van der Waals surface area (Å²) in [5.74, 6) is -0.274. The van der Waals surface area contributed by atoms with E-state index in [4.69, 9.17) is 26.1 Å². The molecule has 0 saturated heterocycles. The van der Waals surface area contributed by atoms with Gasteiger partial charge in [0.05, 0.1) is 27.4 Å². The highest BCUT2D eigenvalue weighted by Gasteiger charge is 2.31. The summed E-state index contributed by atoms with van der Waals surface area (Å²) in [6, 6.07) is 11.9. The molecule has 3 aromatic heterocycles. The molecular formula is C31H33ClN4O3S. The lowest BCUT2D eigenvalue weighted by Crippen LogP contribution is -2.30. The van der Waals surface area contributed by atoms with Crippen LogP contribution in [0.5, 0.6) is 0 Å². The number of halogens is 1. The van der Waals surface area contributed by atoms with Gasteiger partial charge in [-0.1, -0.05) is 23.7 Å². The van der Waals surface area contributed by atoms with Crippen LogP contribution in [0.3, 0.4) is 0 Å². The molecule has 0 spiro atoms. The number of hydrogen-bond donors (Lipinski definition) is 1. The molecule has 7 nitrogen and oxygen atoms in total. The lowest BCUT2D eigenvalue weighted by Gasteiger charge is -2.31. The summed E-state index contributed by atoms with van der Waals surface area (Å²) in [6.07, 6.45) is 3.06. The fraction of sp³-hybridized carbons (Fsp3) is 0.355. The van der Waals surface area contributed by atoms with E-state index < -0.39 is 17.1 Å². The highest BCUT2D eigenvalue weighted by atomic mass is 35.5. The number of hydrogen-bond acceptors (Lipinski definition) is 7. The molecule has 0 aliphatic carbocycles. The van der Waals surface area contributed by atoms with E-state index >= 15 is 0 Å². The summed E-state index contributed by atoms with van der Waals surface area (Å²) >= 11 is 7.88. The summed E-state index contributed by atoms with van der Waals surface area (Å²) in [6.45, 7) is 13.7. The molecule has 5 aromatic rings. The number of aromatic nitrogens is 4. The number of carbonyl (C=O) groups excluding carboxylic acids is 1. The lowest BCUT2D eigenvalue weighted by molar-refractivity contribution is -0.162. The highest BCUT2D eigenvalue weighted by molar-refractivity contribution is 7.22. The third-order valence-electron chi connectivity index (χ3n) is 6.39. The first-order valence-electron chi connectivity index (χ1n) is 13.1. The molecule has 0 bridgehead atoms. The summed E-state index contributed by atoms with van der Waals surface area (Å²) in [5.41, 5.74) is 5.35. The van der Waals surface area contributed by atoms with E-state index in [1.807, 2.05) is 78.1 Å². The van der Waals surface area contributed by atoms with Gasteiger partial charge in [0.2, 0.25) is 0 Å². The maximum atomic E-state index is 12.8. The van der Waals surface area contributed by atoms with Gasteiger partial charge in [-0.05, 0) is 89.4 Å². The van der Waals surface area contributed by atoms with Gasteiger partial charge in [-0.25, -0.2) is 9.97 Å². The molecule has 9 heteroatoms. The minimum absolute atomic E-state index is 0.0903. The SMILES string of the molecule is Cc1cc2nc(-c3cnc4[nH]ncc4c3)sc2c(-c2ccc(Cl)cc2)c1[C@H](COC(=O)C(C)(C)C)OC(C)(C)C. The number of aromatic amines is 1. The van der Waals surface area contributed by atoms with Crippen LogP contribution in [-0.4, -0.2) is 38.3 Å². The van der Waals surface area contributed by atoms with Gasteiger partial charge in [0, 0.05) is 27.7 Å². The molecule has 0 saturated carbocycles. The van der Waals surface area contributed by atoms with Gasteiger partial charge in [-0.2, -0.15) is 5.10 Å². The maximum absolute atomic E-state index is 12.8. The highest BCUT2D eigenvalue weighted by Crippen LogP contribution is 2.44. The standard InChI is InChI=1S/C31H33ClN4O3S/c1-17-12-22-26(40-28(35-22)20-13-19-15-34-36-27(19)33-14-20)25(18-8-10-21(32)11-9-18)24(17)23(39-31(5,6)7)16-38-29(37)30(2,3)4/h8-15,23H,16H2,1-7H3,(H,33,34,36)/t23-/m0/s1. The van der Waals surface area contributed by atoms with E-state index in [2.05, 4.69) is 28.2 Å². The molecule has 208 valence electrons. The van der Waals surface area contributed by atoms with E-state index in [-0.39, 0.29) is 12.6 Å². The number of aryl methyl sites for hydroxylation is 1. The first kappa shape index (κ1) is 28.2. The van der Waals surface area contributed by atoms with Crippen molar-refractivity contribution in [1.29, 1.82) is 0 Å². The molecule has 1 N–H and O–H groups in total. The molecule has 5 rings (SSSR count). The van der Waals surface area contributed by atoms with Gasteiger partial charge in [0.25, 0.3) is 0 Å². The number of pyridine rings is 1. The quantitative estimate of drug-likeness (QED) is 0.204. The number of carbonyl (C=O) groups is 1. The summed E-state index contributed by atoms with van der Waals surface area (Å²) in [5, 5.41) is 9.41. The van der Waals surface area contributed by atoms with Gasteiger partial charge in [-0.15, -0.1) is 11.3 Å². The van der Waals surface area contributed by atoms with Gasteiger partial charge < -0.3 is 9.47 Å². The van der Waals surface area contributed by atoms with E-state index in [0.29, 0.717) is 5.02 Å². The Hall–Kier alpha value is -3.33. The maximum Gasteiger partial charge on any atom is 0.311 e. The Bertz CT molecular complexity index is 1690. The van der Waals surface area contributed by atoms with Gasteiger partial charge in [0.15, 0.2) is 5.65 Å². The molecule has 1 atom stereocenters. The molecular weight excluding hydrogens is 544 g/mol. The predicted molar refractivity (Wildman–Crippen MR) is 162 cm³/mol. The Balaban J connectivity index is 1.71. The molecule has 0 unspecified atom stereocenters. The van der Waals surface area contributed by atoms with Crippen LogP contribution in [0.2, 0.25) is 5.02 Å². The summed E-state index contributed by atoms with van der Waals surface area (Å²) < 4.78 is 13.4. The van der Waals surface area contributed by atoms with E-state index in [1.54, 1.807) is 17.5 Å². The van der Waals surface area contributed by atoms with Crippen molar-refractivity contribution in [2.24, 2.45) is 5.41 Å². The number of H-pyrrole nitrogens is 1. The van der Waals surface area contributed by atoms with Crippen molar-refractivity contribution in [3.63, 3.8) is 0 Å². The van der Waals surface area contributed by atoms with Crippen LogP contribution >= 0.6 is 22.9 Å². The second kappa shape index (κ2) is 10.6.